The Hall–Kier alpha value is -3.15. The second-order valence-corrected chi connectivity index (χ2v) is 7.74. The Morgan fingerprint density at radius 1 is 1.10 bits per heavy atom. The second-order valence-electron chi connectivity index (χ2n) is 7.74. The van der Waals surface area contributed by atoms with Gasteiger partial charge in [-0.05, 0) is 43.0 Å². The monoisotopic (exact) mass is 391 g/mol. The number of hydrogen-bond acceptors (Lipinski definition) is 3. The predicted molar refractivity (Wildman–Crippen MR) is 109 cm³/mol. The molecule has 0 saturated carbocycles. The van der Waals surface area contributed by atoms with Crippen LogP contribution in [0.15, 0.2) is 54.6 Å². The SMILES string of the molecule is C[C@H](NC(=O)c1ccc(CN2CC(=O)N3CCC[C@@H]3C2=O)cc1)c1ccccc1. The molecule has 4 rings (SSSR count). The molecule has 0 bridgehead atoms. The zero-order chi connectivity index (χ0) is 20.4. The minimum Gasteiger partial charge on any atom is -0.346 e. The molecule has 2 aromatic carbocycles. The van der Waals surface area contributed by atoms with Crippen LogP contribution in [-0.2, 0) is 16.1 Å². The summed E-state index contributed by atoms with van der Waals surface area (Å²) in [6.07, 6.45) is 1.64. The van der Waals surface area contributed by atoms with E-state index in [4.69, 9.17) is 0 Å². The first kappa shape index (κ1) is 19.2. The molecule has 0 unspecified atom stereocenters. The number of piperazine rings is 1. The number of nitrogens with one attached hydrogen (secondary N) is 1. The molecule has 6 nitrogen and oxygen atoms in total. The Morgan fingerprint density at radius 2 is 1.83 bits per heavy atom. The molecule has 0 spiro atoms. The lowest BCUT2D eigenvalue weighted by molar-refractivity contribution is -0.154. The smallest absolute Gasteiger partial charge is 0.251 e. The summed E-state index contributed by atoms with van der Waals surface area (Å²) in [6, 6.07) is 16.7. The van der Waals surface area contributed by atoms with Gasteiger partial charge in [0, 0.05) is 18.7 Å². The van der Waals surface area contributed by atoms with Gasteiger partial charge in [-0.15, -0.1) is 0 Å². The third-order valence-corrected chi connectivity index (χ3v) is 5.73. The molecule has 2 aromatic rings. The molecule has 2 aliphatic heterocycles. The van der Waals surface area contributed by atoms with Gasteiger partial charge in [0.25, 0.3) is 5.91 Å². The molecule has 2 atom stereocenters. The van der Waals surface area contributed by atoms with Crippen molar-refractivity contribution >= 4 is 17.7 Å². The Labute approximate surface area is 170 Å². The highest BCUT2D eigenvalue weighted by Gasteiger charge is 2.41. The van der Waals surface area contributed by atoms with Gasteiger partial charge < -0.3 is 15.1 Å². The highest BCUT2D eigenvalue weighted by molar-refractivity contribution is 5.95. The van der Waals surface area contributed by atoms with Crippen molar-refractivity contribution in [2.45, 2.75) is 38.4 Å². The average molecular weight is 391 g/mol. The molecule has 0 aliphatic carbocycles. The standard InChI is InChI=1S/C23H25N3O3/c1-16(18-6-3-2-4-7-18)24-22(28)19-11-9-17(10-12-19)14-25-15-21(27)26-13-5-8-20(26)23(25)29/h2-4,6-7,9-12,16,20H,5,8,13-15H2,1H3,(H,24,28)/t16-,20+/m0/s1. The molecule has 6 heteroatoms. The molecule has 2 heterocycles. The molecule has 2 saturated heterocycles. The maximum atomic E-state index is 12.7. The maximum absolute atomic E-state index is 12.7. The number of hydrogen-bond donors (Lipinski definition) is 1. The molecular weight excluding hydrogens is 366 g/mol. The van der Waals surface area contributed by atoms with Gasteiger partial charge in [0.2, 0.25) is 11.8 Å². The van der Waals surface area contributed by atoms with Crippen LogP contribution in [0.3, 0.4) is 0 Å². The summed E-state index contributed by atoms with van der Waals surface area (Å²) in [5.41, 5.74) is 2.52. The lowest BCUT2D eigenvalue weighted by Gasteiger charge is -2.36. The third-order valence-electron chi connectivity index (χ3n) is 5.73. The fraction of sp³-hybridized carbons (Fsp3) is 0.348. The van der Waals surface area contributed by atoms with Crippen molar-refractivity contribution < 1.29 is 14.4 Å². The van der Waals surface area contributed by atoms with E-state index in [1.54, 1.807) is 21.9 Å². The molecule has 2 aliphatic rings. The average Bonchev–Trinajstić information content (AvgIpc) is 3.24. The van der Waals surface area contributed by atoms with Gasteiger partial charge in [-0.1, -0.05) is 42.5 Å². The normalized spacial score (nSPS) is 19.8. The summed E-state index contributed by atoms with van der Waals surface area (Å²) < 4.78 is 0. The van der Waals surface area contributed by atoms with Gasteiger partial charge in [-0.25, -0.2) is 0 Å². The maximum Gasteiger partial charge on any atom is 0.251 e. The van der Waals surface area contributed by atoms with E-state index in [1.807, 2.05) is 49.4 Å². The first-order chi connectivity index (χ1) is 14.0. The largest absolute Gasteiger partial charge is 0.346 e. The van der Waals surface area contributed by atoms with Gasteiger partial charge in [0.15, 0.2) is 0 Å². The molecule has 3 amide bonds. The first-order valence-corrected chi connectivity index (χ1v) is 10.1. The fourth-order valence-electron chi connectivity index (χ4n) is 4.09. The summed E-state index contributed by atoms with van der Waals surface area (Å²) in [7, 11) is 0. The van der Waals surface area contributed by atoms with Crippen LogP contribution in [0.4, 0.5) is 0 Å². The van der Waals surface area contributed by atoms with Gasteiger partial charge in [-0.3, -0.25) is 14.4 Å². The Bertz CT molecular complexity index is 911. The van der Waals surface area contributed by atoms with E-state index >= 15 is 0 Å². The number of carbonyl (C=O) groups is 3. The van der Waals surface area contributed by atoms with E-state index in [-0.39, 0.29) is 36.3 Å². The molecule has 2 fully saturated rings. The Morgan fingerprint density at radius 3 is 2.55 bits per heavy atom. The lowest BCUT2D eigenvalue weighted by Crippen LogP contribution is -2.56. The van der Waals surface area contributed by atoms with Crippen molar-refractivity contribution in [2.24, 2.45) is 0 Å². The number of fused-ring (bicyclic) bond motifs is 1. The zero-order valence-electron chi connectivity index (χ0n) is 16.5. The number of carbonyl (C=O) groups excluding carboxylic acids is 3. The summed E-state index contributed by atoms with van der Waals surface area (Å²) in [5.74, 6) is -0.0858. The van der Waals surface area contributed by atoms with Crippen LogP contribution in [-0.4, -0.2) is 46.7 Å². The van der Waals surface area contributed by atoms with Crippen molar-refractivity contribution in [3.05, 3.63) is 71.3 Å². The molecule has 0 aromatic heterocycles. The minimum absolute atomic E-state index is 0.0259. The van der Waals surface area contributed by atoms with Crippen molar-refractivity contribution in [1.82, 2.24) is 15.1 Å². The highest BCUT2D eigenvalue weighted by Crippen LogP contribution is 2.24. The number of benzene rings is 2. The van der Waals surface area contributed by atoms with Gasteiger partial charge in [0.1, 0.15) is 12.6 Å². The van der Waals surface area contributed by atoms with Crippen molar-refractivity contribution in [2.75, 3.05) is 13.1 Å². The Kier molecular flexibility index (Phi) is 5.34. The van der Waals surface area contributed by atoms with Crippen LogP contribution in [0, 0.1) is 0 Å². The quantitative estimate of drug-likeness (QED) is 0.851. The predicted octanol–water partition coefficient (Wildman–Crippen LogP) is 2.51. The van der Waals surface area contributed by atoms with Crippen molar-refractivity contribution in [3.63, 3.8) is 0 Å². The third kappa shape index (κ3) is 4.01. The zero-order valence-corrected chi connectivity index (χ0v) is 16.5. The van der Waals surface area contributed by atoms with Crippen LogP contribution in [0.2, 0.25) is 0 Å². The topological polar surface area (TPSA) is 69.7 Å². The minimum atomic E-state index is -0.291. The lowest BCUT2D eigenvalue weighted by atomic mass is 10.1. The molecule has 0 radical (unpaired) electrons. The highest BCUT2D eigenvalue weighted by atomic mass is 16.2. The summed E-state index contributed by atoms with van der Waals surface area (Å²) in [5, 5.41) is 3.00. The summed E-state index contributed by atoms with van der Waals surface area (Å²) in [6.45, 7) is 3.16. The van der Waals surface area contributed by atoms with Crippen LogP contribution in [0.1, 0.15) is 47.3 Å². The van der Waals surface area contributed by atoms with Crippen LogP contribution in [0.5, 0.6) is 0 Å². The van der Waals surface area contributed by atoms with Gasteiger partial charge in [0.05, 0.1) is 6.04 Å². The van der Waals surface area contributed by atoms with Gasteiger partial charge >= 0.3 is 0 Å². The summed E-state index contributed by atoms with van der Waals surface area (Å²) in [4.78, 5) is 40.8. The van der Waals surface area contributed by atoms with Crippen LogP contribution < -0.4 is 5.32 Å². The first-order valence-electron chi connectivity index (χ1n) is 10.1. The van der Waals surface area contributed by atoms with Crippen LogP contribution in [0.25, 0.3) is 0 Å². The molecule has 150 valence electrons. The second kappa shape index (κ2) is 8.07. The fourth-order valence-corrected chi connectivity index (χ4v) is 4.09. The van der Waals surface area contributed by atoms with E-state index in [2.05, 4.69) is 5.32 Å². The number of nitrogens with zero attached hydrogens (tertiary/aromatic N) is 2. The summed E-state index contributed by atoms with van der Waals surface area (Å²) >= 11 is 0. The molecule has 1 N–H and O–H groups in total. The van der Waals surface area contributed by atoms with E-state index in [0.717, 1.165) is 24.0 Å². The van der Waals surface area contributed by atoms with E-state index in [0.29, 0.717) is 18.7 Å². The Balaban J connectivity index is 1.38. The number of rotatable bonds is 5. The van der Waals surface area contributed by atoms with E-state index < -0.39 is 0 Å². The van der Waals surface area contributed by atoms with Gasteiger partial charge in [-0.2, -0.15) is 0 Å². The van der Waals surface area contributed by atoms with E-state index in [9.17, 15) is 14.4 Å². The van der Waals surface area contributed by atoms with Crippen LogP contribution >= 0.6 is 0 Å². The molecule has 29 heavy (non-hydrogen) atoms. The van der Waals surface area contributed by atoms with E-state index in [1.165, 1.54) is 0 Å². The number of amides is 3. The van der Waals surface area contributed by atoms with Crippen molar-refractivity contribution in [1.29, 1.82) is 0 Å². The molecular formula is C23H25N3O3. The van der Waals surface area contributed by atoms with Crippen molar-refractivity contribution in [3.8, 4) is 0 Å².